The molecule has 0 aliphatic carbocycles. The number of rotatable bonds is 5. The van der Waals surface area contributed by atoms with Crippen molar-refractivity contribution in [1.82, 2.24) is 14.7 Å². The monoisotopic (exact) mass is 376 g/mol. The number of aromatic nitrogens is 2. The van der Waals surface area contributed by atoms with Crippen LogP contribution in [0.3, 0.4) is 0 Å². The van der Waals surface area contributed by atoms with E-state index in [9.17, 15) is 9.18 Å². The quantitative estimate of drug-likeness (QED) is 0.871. The molecule has 2 N–H and O–H groups in total. The number of amides is 1. The first-order valence-corrected chi connectivity index (χ1v) is 7.14. The number of hydrogen-bond acceptors (Lipinski definition) is 3. The lowest BCUT2D eigenvalue weighted by molar-refractivity contribution is -0.134. The summed E-state index contributed by atoms with van der Waals surface area (Å²) in [5.41, 5.74) is 7.12. The Hall–Kier alpha value is -1.63. The molecule has 2 atom stereocenters. The van der Waals surface area contributed by atoms with Crippen LogP contribution < -0.4 is 5.73 Å². The van der Waals surface area contributed by atoms with Crippen molar-refractivity contribution in [3.05, 3.63) is 53.6 Å². The van der Waals surface area contributed by atoms with Crippen molar-refractivity contribution in [2.45, 2.75) is 13.0 Å². The molecule has 0 spiro atoms. The molecule has 0 aliphatic rings. The van der Waals surface area contributed by atoms with Crippen molar-refractivity contribution < 1.29 is 9.18 Å². The van der Waals surface area contributed by atoms with E-state index in [2.05, 4.69) is 5.10 Å². The summed E-state index contributed by atoms with van der Waals surface area (Å²) < 4.78 is 15.3. The zero-order chi connectivity index (χ0) is 16.3. The van der Waals surface area contributed by atoms with Crippen LogP contribution in [0.2, 0.25) is 0 Å². The van der Waals surface area contributed by atoms with Gasteiger partial charge in [-0.1, -0.05) is 19.1 Å². The minimum atomic E-state index is -0.397. The van der Waals surface area contributed by atoms with Crippen molar-refractivity contribution in [3.63, 3.8) is 0 Å². The molecule has 2 unspecified atom stereocenters. The van der Waals surface area contributed by atoms with Gasteiger partial charge in [0.25, 0.3) is 0 Å². The molecular weight excluding hydrogens is 354 g/mol. The van der Waals surface area contributed by atoms with Crippen LogP contribution in [-0.4, -0.2) is 34.2 Å². The summed E-state index contributed by atoms with van der Waals surface area (Å²) in [6.45, 7) is 2.05. The first-order chi connectivity index (χ1) is 10.4. The van der Waals surface area contributed by atoms with Gasteiger partial charge in [-0.2, -0.15) is 5.10 Å². The maximum absolute atomic E-state index is 13.6. The third-order valence-corrected chi connectivity index (χ3v) is 3.72. The van der Waals surface area contributed by atoms with Gasteiger partial charge in [0.2, 0.25) is 5.91 Å². The van der Waals surface area contributed by atoms with E-state index >= 15 is 0 Å². The molecule has 2 aromatic rings. The summed E-state index contributed by atoms with van der Waals surface area (Å²) in [5, 5.41) is 4.15. The van der Waals surface area contributed by atoms with Crippen LogP contribution in [0, 0.1) is 11.7 Å². The summed E-state index contributed by atoms with van der Waals surface area (Å²) in [4.78, 5) is 14.1. The summed E-state index contributed by atoms with van der Waals surface area (Å²) in [5.74, 6) is -0.711. The van der Waals surface area contributed by atoms with Gasteiger partial charge in [0.15, 0.2) is 0 Å². The SMILES string of the molecule is CC(CN)C(=O)N(C)C(c1cccc(F)c1)c1cnn(C)c1.Cl.Cl. The summed E-state index contributed by atoms with van der Waals surface area (Å²) in [7, 11) is 3.51. The number of aryl methyl sites for hydroxylation is 1. The Labute approximate surface area is 153 Å². The van der Waals surface area contributed by atoms with Gasteiger partial charge >= 0.3 is 0 Å². The van der Waals surface area contributed by atoms with E-state index < -0.39 is 6.04 Å². The highest BCUT2D eigenvalue weighted by molar-refractivity contribution is 5.85. The van der Waals surface area contributed by atoms with Crippen LogP contribution >= 0.6 is 24.8 Å². The van der Waals surface area contributed by atoms with Crippen LogP contribution in [-0.2, 0) is 11.8 Å². The Kier molecular flexibility index (Phi) is 8.96. The molecule has 2 rings (SSSR count). The largest absolute Gasteiger partial charge is 0.334 e. The predicted octanol–water partition coefficient (Wildman–Crippen LogP) is 2.55. The van der Waals surface area contributed by atoms with Gasteiger partial charge in [0, 0.05) is 38.3 Å². The number of halogens is 3. The van der Waals surface area contributed by atoms with Crippen molar-refractivity contribution in [2.75, 3.05) is 13.6 Å². The Morgan fingerprint density at radius 1 is 1.38 bits per heavy atom. The topological polar surface area (TPSA) is 64.2 Å². The first kappa shape index (κ1) is 22.4. The number of hydrogen-bond donors (Lipinski definition) is 1. The van der Waals surface area contributed by atoms with E-state index in [0.717, 1.165) is 5.56 Å². The second-order valence-corrected chi connectivity index (χ2v) is 5.49. The van der Waals surface area contributed by atoms with Crippen molar-refractivity contribution in [2.24, 2.45) is 18.7 Å². The van der Waals surface area contributed by atoms with E-state index in [1.807, 2.05) is 6.20 Å². The maximum Gasteiger partial charge on any atom is 0.227 e. The lowest BCUT2D eigenvalue weighted by Crippen LogP contribution is -2.38. The third-order valence-electron chi connectivity index (χ3n) is 3.72. The zero-order valence-corrected chi connectivity index (χ0v) is 15.5. The lowest BCUT2D eigenvalue weighted by Gasteiger charge is -2.30. The minimum absolute atomic E-state index is 0. The van der Waals surface area contributed by atoms with E-state index in [0.29, 0.717) is 5.56 Å². The zero-order valence-electron chi connectivity index (χ0n) is 13.8. The molecule has 5 nitrogen and oxygen atoms in total. The molecule has 1 heterocycles. The molecule has 0 aliphatic heterocycles. The van der Waals surface area contributed by atoms with Crippen molar-refractivity contribution >= 4 is 30.7 Å². The van der Waals surface area contributed by atoms with Gasteiger partial charge in [-0.15, -0.1) is 24.8 Å². The van der Waals surface area contributed by atoms with Crippen molar-refractivity contribution in [1.29, 1.82) is 0 Å². The molecule has 0 saturated carbocycles. The molecule has 8 heteroatoms. The Bertz CT molecular complexity index is 665. The standard InChI is InChI=1S/C16H21FN4O.2ClH/c1-11(8-18)16(22)21(3)15(13-9-19-20(2)10-13)12-5-4-6-14(17)7-12;;/h4-7,9-11,15H,8,18H2,1-3H3;2*1H. The number of carbonyl (C=O) groups excluding carboxylic acids is 1. The molecule has 0 fully saturated rings. The number of carbonyl (C=O) groups is 1. The average Bonchev–Trinajstić information content (AvgIpc) is 2.92. The Morgan fingerprint density at radius 3 is 2.54 bits per heavy atom. The second kappa shape index (κ2) is 9.61. The van der Waals surface area contributed by atoms with Gasteiger partial charge in [-0.05, 0) is 17.7 Å². The number of benzene rings is 1. The van der Waals surface area contributed by atoms with Crippen LogP contribution in [0.5, 0.6) is 0 Å². The highest BCUT2D eigenvalue weighted by Gasteiger charge is 2.27. The fourth-order valence-electron chi connectivity index (χ4n) is 2.47. The molecule has 134 valence electrons. The van der Waals surface area contributed by atoms with Gasteiger partial charge in [-0.3, -0.25) is 9.48 Å². The van der Waals surface area contributed by atoms with Crippen LogP contribution in [0.25, 0.3) is 0 Å². The highest BCUT2D eigenvalue weighted by atomic mass is 35.5. The van der Waals surface area contributed by atoms with Crippen LogP contribution in [0.4, 0.5) is 4.39 Å². The molecule has 0 radical (unpaired) electrons. The fourth-order valence-corrected chi connectivity index (χ4v) is 2.47. The molecule has 1 amide bonds. The maximum atomic E-state index is 13.6. The van der Waals surface area contributed by atoms with Gasteiger partial charge in [0.05, 0.1) is 12.2 Å². The molecule has 0 bridgehead atoms. The van der Waals surface area contributed by atoms with E-state index in [4.69, 9.17) is 5.73 Å². The predicted molar refractivity (Wildman–Crippen MR) is 96.9 cm³/mol. The highest BCUT2D eigenvalue weighted by Crippen LogP contribution is 2.28. The molecular formula is C16H23Cl2FN4O. The Morgan fingerprint density at radius 2 is 2.04 bits per heavy atom. The molecule has 24 heavy (non-hydrogen) atoms. The van der Waals surface area contributed by atoms with E-state index in [1.165, 1.54) is 12.1 Å². The normalized spacial score (nSPS) is 12.5. The van der Waals surface area contributed by atoms with E-state index in [-0.39, 0.29) is 49.0 Å². The molecule has 0 saturated heterocycles. The van der Waals surface area contributed by atoms with Crippen LogP contribution in [0.1, 0.15) is 24.1 Å². The summed E-state index contributed by atoms with van der Waals surface area (Å²) in [6.07, 6.45) is 3.51. The summed E-state index contributed by atoms with van der Waals surface area (Å²) >= 11 is 0. The lowest BCUT2D eigenvalue weighted by atomic mass is 9.98. The van der Waals surface area contributed by atoms with E-state index in [1.54, 1.807) is 48.9 Å². The smallest absolute Gasteiger partial charge is 0.227 e. The average molecular weight is 377 g/mol. The van der Waals surface area contributed by atoms with Crippen molar-refractivity contribution in [3.8, 4) is 0 Å². The van der Waals surface area contributed by atoms with Gasteiger partial charge < -0.3 is 10.6 Å². The number of nitrogens with two attached hydrogens (primary N) is 1. The third kappa shape index (κ3) is 4.93. The van der Waals surface area contributed by atoms with Gasteiger partial charge in [0.1, 0.15) is 5.82 Å². The molecule has 1 aromatic carbocycles. The Balaban J connectivity index is 0.00000264. The first-order valence-electron chi connectivity index (χ1n) is 7.14. The second-order valence-electron chi connectivity index (χ2n) is 5.49. The molecule has 1 aromatic heterocycles. The number of nitrogens with zero attached hydrogens (tertiary/aromatic N) is 3. The van der Waals surface area contributed by atoms with Crippen LogP contribution in [0.15, 0.2) is 36.7 Å². The fraction of sp³-hybridized carbons (Fsp3) is 0.375. The minimum Gasteiger partial charge on any atom is -0.334 e. The summed E-state index contributed by atoms with van der Waals surface area (Å²) in [6, 6.07) is 5.87. The van der Waals surface area contributed by atoms with Gasteiger partial charge in [-0.25, -0.2) is 4.39 Å².